The number of nitrogens with zero attached hydrogens (tertiary/aromatic N) is 1. The number of likely N-dealkylation sites (tertiary alicyclic amines) is 1. The number of aromatic nitrogens is 1. The molecule has 0 saturated carbocycles. The summed E-state index contributed by atoms with van der Waals surface area (Å²) < 4.78 is 45.6. The molecule has 0 unspecified atom stereocenters. The molecule has 10 heteroatoms. The van der Waals surface area contributed by atoms with Crippen molar-refractivity contribution in [3.63, 3.8) is 0 Å². The van der Waals surface area contributed by atoms with E-state index in [0.717, 1.165) is 29.7 Å². The van der Waals surface area contributed by atoms with Crippen molar-refractivity contribution >= 4 is 23.5 Å². The number of H-pyrrole nitrogens is 1. The molecular weight excluding hydrogens is 511 g/mol. The quantitative estimate of drug-likeness (QED) is 0.291. The Labute approximate surface area is 224 Å². The van der Waals surface area contributed by atoms with Crippen LogP contribution in [0.5, 0.6) is 0 Å². The maximum Gasteiger partial charge on any atom is 0.340 e. The van der Waals surface area contributed by atoms with Crippen LogP contribution in [0.25, 0.3) is 0 Å². The first-order valence-corrected chi connectivity index (χ1v) is 12.9. The van der Waals surface area contributed by atoms with Crippen LogP contribution < -0.4 is 5.32 Å². The van der Waals surface area contributed by atoms with E-state index in [-0.39, 0.29) is 24.4 Å². The second-order valence-corrected chi connectivity index (χ2v) is 9.51. The van der Waals surface area contributed by atoms with E-state index in [1.165, 1.54) is 0 Å². The summed E-state index contributed by atoms with van der Waals surface area (Å²) in [6.45, 7) is 5.05. The number of halogens is 3. The number of benzene rings is 2. The van der Waals surface area contributed by atoms with Gasteiger partial charge in [-0.3, -0.25) is 9.59 Å². The van der Waals surface area contributed by atoms with E-state index < -0.39 is 28.9 Å². The first kappa shape index (κ1) is 27.9. The van der Waals surface area contributed by atoms with Gasteiger partial charge in [-0.15, -0.1) is 0 Å². The number of piperidine rings is 1. The lowest BCUT2D eigenvalue weighted by Crippen LogP contribution is -2.38. The molecule has 0 aliphatic carbocycles. The molecule has 1 aliphatic rings. The van der Waals surface area contributed by atoms with Gasteiger partial charge in [0.1, 0.15) is 5.82 Å². The molecule has 0 bridgehead atoms. The van der Waals surface area contributed by atoms with Gasteiger partial charge in [0.05, 0.1) is 17.7 Å². The van der Waals surface area contributed by atoms with Crippen LogP contribution in [0.1, 0.15) is 69.6 Å². The van der Waals surface area contributed by atoms with Crippen LogP contribution in [0.15, 0.2) is 42.6 Å². The Balaban J connectivity index is 1.28. The fourth-order valence-electron chi connectivity index (χ4n) is 4.86. The molecule has 7 nitrogen and oxygen atoms in total. The molecule has 0 radical (unpaired) electrons. The van der Waals surface area contributed by atoms with Gasteiger partial charge < -0.3 is 19.9 Å². The summed E-state index contributed by atoms with van der Waals surface area (Å²) in [6.07, 6.45) is 4.03. The van der Waals surface area contributed by atoms with E-state index in [2.05, 4.69) is 10.3 Å². The molecule has 3 aromatic rings. The smallest absolute Gasteiger partial charge is 0.340 e. The van der Waals surface area contributed by atoms with Gasteiger partial charge in [0.2, 0.25) is 5.91 Å². The predicted molar refractivity (Wildman–Crippen MR) is 139 cm³/mol. The number of amides is 2. The molecule has 2 aromatic carbocycles. The van der Waals surface area contributed by atoms with Crippen LogP contribution in [-0.2, 0) is 16.0 Å². The summed E-state index contributed by atoms with van der Waals surface area (Å²) in [6, 6.07) is 7.91. The standard InChI is InChI=1S/C29H30F3N3O4/c1-3-39-29(38)27-17(2)33-16-20(27)6-9-26(36)35-12-10-19(11-13-35)18-4-7-21(8-5-18)34-28(37)22-14-24(31)25(32)15-23(22)30/h4-5,7-8,14-16,19,33H,3,6,9-13H2,1-2H3,(H,34,37). The summed E-state index contributed by atoms with van der Waals surface area (Å²) in [4.78, 5) is 42.3. The van der Waals surface area contributed by atoms with Crippen LogP contribution in [0.3, 0.4) is 0 Å². The number of aromatic amines is 1. The SMILES string of the molecule is CCOC(=O)c1c(CCC(=O)N2CCC(c3ccc(NC(=O)c4cc(F)c(F)cc4F)cc3)CC2)c[nH]c1C. The van der Waals surface area contributed by atoms with Crippen LogP contribution in [0.4, 0.5) is 18.9 Å². The molecule has 0 spiro atoms. The molecule has 1 aromatic heterocycles. The van der Waals surface area contributed by atoms with Crippen LogP contribution >= 0.6 is 0 Å². The number of nitrogens with one attached hydrogen (secondary N) is 2. The zero-order valence-electron chi connectivity index (χ0n) is 21.8. The number of aryl methyl sites for hydroxylation is 2. The van der Waals surface area contributed by atoms with Crippen molar-refractivity contribution in [2.75, 3.05) is 25.0 Å². The predicted octanol–water partition coefficient (Wildman–Crippen LogP) is 5.51. The van der Waals surface area contributed by atoms with Crippen molar-refractivity contribution in [1.29, 1.82) is 0 Å². The first-order valence-electron chi connectivity index (χ1n) is 12.9. The highest BCUT2D eigenvalue weighted by Crippen LogP contribution is 2.29. The third-order valence-electron chi connectivity index (χ3n) is 6.99. The van der Waals surface area contributed by atoms with Gasteiger partial charge in [-0.25, -0.2) is 18.0 Å². The highest BCUT2D eigenvalue weighted by molar-refractivity contribution is 6.04. The molecule has 2 N–H and O–H groups in total. The number of hydrogen-bond donors (Lipinski definition) is 2. The maximum absolute atomic E-state index is 13.9. The summed E-state index contributed by atoms with van der Waals surface area (Å²) in [7, 11) is 0. The second-order valence-electron chi connectivity index (χ2n) is 9.51. The molecule has 1 aliphatic heterocycles. The van der Waals surface area contributed by atoms with E-state index in [0.29, 0.717) is 49.3 Å². The molecule has 39 heavy (non-hydrogen) atoms. The molecule has 4 rings (SSSR count). The number of esters is 1. The Morgan fingerprint density at radius 1 is 1.03 bits per heavy atom. The maximum atomic E-state index is 13.9. The fraction of sp³-hybridized carbons (Fsp3) is 0.345. The Morgan fingerprint density at radius 2 is 1.69 bits per heavy atom. The van der Waals surface area contributed by atoms with Gasteiger partial charge in [0, 0.05) is 43.2 Å². The Bertz CT molecular complexity index is 1360. The summed E-state index contributed by atoms with van der Waals surface area (Å²) in [5.41, 5.74) is 2.84. The van der Waals surface area contributed by atoms with Crippen LogP contribution in [0, 0.1) is 24.4 Å². The number of ether oxygens (including phenoxy) is 1. The van der Waals surface area contributed by atoms with Crippen LogP contribution in [-0.4, -0.2) is 47.4 Å². The molecular formula is C29H30F3N3O4. The van der Waals surface area contributed by atoms with Crippen molar-refractivity contribution in [3.05, 3.63) is 88.0 Å². The Hall–Kier alpha value is -4.08. The van der Waals surface area contributed by atoms with E-state index >= 15 is 0 Å². The summed E-state index contributed by atoms with van der Waals surface area (Å²) in [5, 5.41) is 2.49. The van der Waals surface area contributed by atoms with E-state index in [9.17, 15) is 27.6 Å². The number of anilines is 1. The first-order chi connectivity index (χ1) is 18.7. The van der Waals surface area contributed by atoms with Gasteiger partial charge in [-0.1, -0.05) is 12.1 Å². The highest BCUT2D eigenvalue weighted by Gasteiger charge is 2.25. The lowest BCUT2D eigenvalue weighted by molar-refractivity contribution is -0.132. The Morgan fingerprint density at radius 3 is 2.36 bits per heavy atom. The zero-order chi connectivity index (χ0) is 28.1. The van der Waals surface area contributed by atoms with Gasteiger partial charge in [-0.05, 0) is 68.4 Å². The number of carbonyl (C=O) groups is 3. The third-order valence-corrected chi connectivity index (χ3v) is 6.99. The van der Waals surface area contributed by atoms with E-state index in [4.69, 9.17) is 4.74 Å². The van der Waals surface area contributed by atoms with Gasteiger partial charge in [-0.2, -0.15) is 0 Å². The van der Waals surface area contributed by atoms with E-state index in [1.807, 2.05) is 17.0 Å². The van der Waals surface area contributed by atoms with Crippen molar-refractivity contribution in [1.82, 2.24) is 9.88 Å². The second kappa shape index (κ2) is 12.2. The topological polar surface area (TPSA) is 91.5 Å². The highest BCUT2D eigenvalue weighted by atomic mass is 19.2. The molecule has 0 atom stereocenters. The lowest BCUT2D eigenvalue weighted by atomic mass is 9.89. The molecule has 2 heterocycles. The average molecular weight is 542 g/mol. The number of hydrogen-bond acceptors (Lipinski definition) is 4. The third kappa shape index (κ3) is 6.50. The summed E-state index contributed by atoms with van der Waals surface area (Å²) in [5.74, 6) is -4.82. The molecule has 2 amide bonds. The summed E-state index contributed by atoms with van der Waals surface area (Å²) >= 11 is 0. The van der Waals surface area contributed by atoms with Crippen molar-refractivity contribution in [3.8, 4) is 0 Å². The van der Waals surface area contributed by atoms with E-state index in [1.54, 1.807) is 32.2 Å². The minimum atomic E-state index is -1.36. The number of rotatable bonds is 8. The lowest BCUT2D eigenvalue weighted by Gasteiger charge is -2.32. The minimum absolute atomic E-state index is 0.0321. The van der Waals surface area contributed by atoms with Gasteiger partial charge in [0.15, 0.2) is 11.6 Å². The normalized spacial score (nSPS) is 13.8. The molecule has 1 saturated heterocycles. The average Bonchev–Trinajstić information content (AvgIpc) is 3.30. The number of carbonyl (C=O) groups excluding carboxylic acids is 3. The zero-order valence-corrected chi connectivity index (χ0v) is 21.8. The fourth-order valence-corrected chi connectivity index (χ4v) is 4.86. The monoisotopic (exact) mass is 541 g/mol. The largest absolute Gasteiger partial charge is 0.462 e. The van der Waals surface area contributed by atoms with Crippen molar-refractivity contribution in [2.24, 2.45) is 0 Å². The van der Waals surface area contributed by atoms with Gasteiger partial charge in [0.25, 0.3) is 5.91 Å². The Kier molecular flexibility index (Phi) is 8.73. The van der Waals surface area contributed by atoms with Crippen LogP contribution in [0.2, 0.25) is 0 Å². The van der Waals surface area contributed by atoms with Gasteiger partial charge >= 0.3 is 5.97 Å². The minimum Gasteiger partial charge on any atom is -0.462 e. The van der Waals surface area contributed by atoms with Crippen molar-refractivity contribution in [2.45, 2.75) is 45.4 Å². The molecule has 1 fully saturated rings. The molecule has 206 valence electrons. The van der Waals surface area contributed by atoms with Crippen molar-refractivity contribution < 1.29 is 32.3 Å².